The summed E-state index contributed by atoms with van der Waals surface area (Å²) in [6.45, 7) is 4.30. The van der Waals surface area contributed by atoms with Crippen molar-refractivity contribution in [2.75, 3.05) is 6.61 Å². The van der Waals surface area contributed by atoms with E-state index in [1.165, 1.54) is 244 Å². The molecule has 4 nitrogen and oxygen atoms in total. The number of amides is 1. The average Bonchev–Trinajstić information content (AvgIpc) is 3.25. The molecule has 0 aliphatic rings. The van der Waals surface area contributed by atoms with Crippen LogP contribution in [0.2, 0.25) is 0 Å². The molecule has 0 aromatic rings. The van der Waals surface area contributed by atoms with E-state index in [9.17, 15) is 15.0 Å². The van der Waals surface area contributed by atoms with Gasteiger partial charge in [-0.15, -0.1) is 0 Å². The lowest BCUT2D eigenvalue weighted by atomic mass is 10.0. The van der Waals surface area contributed by atoms with Crippen molar-refractivity contribution < 1.29 is 15.0 Å². The highest BCUT2D eigenvalue weighted by atomic mass is 16.3. The molecule has 0 rings (SSSR count). The smallest absolute Gasteiger partial charge is 0.220 e. The molecule has 2 unspecified atom stereocenters. The van der Waals surface area contributed by atoms with Crippen LogP contribution < -0.4 is 5.32 Å². The second-order valence-corrected chi connectivity index (χ2v) is 18.7. The first-order valence-corrected chi connectivity index (χ1v) is 27.2. The highest BCUT2D eigenvalue weighted by molar-refractivity contribution is 5.76. The molecule has 0 bridgehead atoms. The van der Waals surface area contributed by atoms with E-state index in [4.69, 9.17) is 0 Å². The molecule has 60 heavy (non-hydrogen) atoms. The van der Waals surface area contributed by atoms with Crippen LogP contribution >= 0.6 is 0 Å². The fraction of sp³-hybridized carbons (Fsp3) is 0.875. The van der Waals surface area contributed by atoms with Gasteiger partial charge in [-0.05, 0) is 51.4 Å². The van der Waals surface area contributed by atoms with Crippen LogP contribution in [0.5, 0.6) is 0 Å². The van der Waals surface area contributed by atoms with Gasteiger partial charge in [-0.2, -0.15) is 0 Å². The monoisotopic (exact) mass is 842 g/mol. The SMILES string of the molecule is CCCCCCC/C=C\C/C=C\CCCCCCCCCCCCCCCCCCCCCCCCCCCC(=O)NC(CO)C(O)/C=C/CCCCCCCCCCC. The van der Waals surface area contributed by atoms with E-state index in [-0.39, 0.29) is 12.5 Å². The zero-order chi connectivity index (χ0) is 43.5. The van der Waals surface area contributed by atoms with Crippen LogP contribution in [-0.4, -0.2) is 34.9 Å². The lowest BCUT2D eigenvalue weighted by Crippen LogP contribution is -2.45. The Balaban J connectivity index is 3.37. The number of hydrogen-bond acceptors (Lipinski definition) is 3. The molecule has 1 amide bonds. The Labute approximate surface area is 376 Å². The number of carbonyl (C=O) groups excluding carboxylic acids is 1. The molecule has 2 atom stereocenters. The van der Waals surface area contributed by atoms with E-state index in [0.29, 0.717) is 6.42 Å². The van der Waals surface area contributed by atoms with Gasteiger partial charge in [0.2, 0.25) is 5.91 Å². The maximum absolute atomic E-state index is 12.4. The molecule has 354 valence electrons. The molecule has 0 aromatic carbocycles. The largest absolute Gasteiger partial charge is 0.394 e. The van der Waals surface area contributed by atoms with Gasteiger partial charge < -0.3 is 15.5 Å². The topological polar surface area (TPSA) is 69.6 Å². The Morgan fingerprint density at radius 3 is 1.00 bits per heavy atom. The molecule has 0 saturated carbocycles. The predicted molar refractivity (Wildman–Crippen MR) is 267 cm³/mol. The molecule has 0 aromatic heterocycles. The number of allylic oxidation sites excluding steroid dienone is 5. The van der Waals surface area contributed by atoms with Crippen LogP contribution in [0, 0.1) is 0 Å². The van der Waals surface area contributed by atoms with E-state index < -0.39 is 12.1 Å². The first-order chi connectivity index (χ1) is 29.7. The number of hydrogen-bond donors (Lipinski definition) is 3. The van der Waals surface area contributed by atoms with E-state index in [2.05, 4.69) is 43.5 Å². The van der Waals surface area contributed by atoms with Crippen molar-refractivity contribution >= 4 is 5.91 Å². The third-order valence-electron chi connectivity index (χ3n) is 12.6. The highest BCUT2D eigenvalue weighted by Crippen LogP contribution is 2.17. The van der Waals surface area contributed by atoms with Gasteiger partial charge in [0.1, 0.15) is 0 Å². The molecule has 4 heteroatoms. The number of rotatable bonds is 50. The summed E-state index contributed by atoms with van der Waals surface area (Å²) < 4.78 is 0. The molecular formula is C56H107NO3. The molecule has 0 spiro atoms. The number of unbranched alkanes of at least 4 members (excludes halogenated alkanes) is 39. The maximum atomic E-state index is 12.4. The fourth-order valence-electron chi connectivity index (χ4n) is 8.45. The summed E-state index contributed by atoms with van der Waals surface area (Å²) in [6.07, 6.45) is 70.3. The van der Waals surface area contributed by atoms with Crippen LogP contribution in [0.25, 0.3) is 0 Å². The first kappa shape index (κ1) is 58.6. The Bertz CT molecular complexity index is 912. The van der Waals surface area contributed by atoms with Crippen LogP contribution in [0.4, 0.5) is 0 Å². The summed E-state index contributed by atoms with van der Waals surface area (Å²) in [7, 11) is 0. The minimum Gasteiger partial charge on any atom is -0.394 e. The van der Waals surface area contributed by atoms with Crippen molar-refractivity contribution in [1.82, 2.24) is 5.32 Å². The summed E-state index contributed by atoms with van der Waals surface area (Å²) in [5.74, 6) is -0.0607. The predicted octanol–water partition coefficient (Wildman–Crippen LogP) is 17.7. The second kappa shape index (κ2) is 52.0. The highest BCUT2D eigenvalue weighted by Gasteiger charge is 2.18. The second-order valence-electron chi connectivity index (χ2n) is 18.7. The normalized spacial score (nSPS) is 13.1. The number of aliphatic hydroxyl groups is 2. The summed E-state index contributed by atoms with van der Waals surface area (Å²) in [5, 5.41) is 23.0. The van der Waals surface area contributed by atoms with Crippen molar-refractivity contribution in [3.63, 3.8) is 0 Å². The summed E-state index contributed by atoms with van der Waals surface area (Å²) in [6, 6.07) is -0.618. The molecule has 0 aliphatic carbocycles. The van der Waals surface area contributed by atoms with Gasteiger partial charge in [-0.3, -0.25) is 4.79 Å². The van der Waals surface area contributed by atoms with E-state index in [1.807, 2.05) is 6.08 Å². The molecule has 3 N–H and O–H groups in total. The van der Waals surface area contributed by atoms with E-state index in [0.717, 1.165) is 32.1 Å². The quantitative estimate of drug-likeness (QED) is 0.0422. The fourth-order valence-corrected chi connectivity index (χ4v) is 8.45. The summed E-state index contributed by atoms with van der Waals surface area (Å²) in [4.78, 5) is 12.4. The van der Waals surface area contributed by atoms with Crippen LogP contribution in [0.15, 0.2) is 36.5 Å². The molecule has 0 fully saturated rings. The van der Waals surface area contributed by atoms with E-state index in [1.54, 1.807) is 6.08 Å². The van der Waals surface area contributed by atoms with Crippen molar-refractivity contribution in [2.45, 2.75) is 309 Å². The van der Waals surface area contributed by atoms with Crippen molar-refractivity contribution in [2.24, 2.45) is 0 Å². The Morgan fingerprint density at radius 2 is 0.683 bits per heavy atom. The van der Waals surface area contributed by atoms with Crippen molar-refractivity contribution in [3.8, 4) is 0 Å². The van der Waals surface area contributed by atoms with Gasteiger partial charge in [0.15, 0.2) is 0 Å². The van der Waals surface area contributed by atoms with Crippen LogP contribution in [-0.2, 0) is 4.79 Å². The molecule has 0 radical (unpaired) electrons. The Morgan fingerprint density at radius 1 is 0.400 bits per heavy atom. The van der Waals surface area contributed by atoms with Gasteiger partial charge >= 0.3 is 0 Å². The van der Waals surface area contributed by atoms with Crippen LogP contribution in [0.3, 0.4) is 0 Å². The zero-order valence-corrected chi connectivity index (χ0v) is 40.7. The lowest BCUT2D eigenvalue weighted by molar-refractivity contribution is -0.123. The standard InChI is InChI=1S/C56H107NO3/c1-3-5-7-9-11-13-15-16-17-18-19-20-21-22-23-24-25-26-27-28-29-30-31-32-33-34-35-36-37-38-39-40-42-44-46-48-50-52-56(60)57-54(53-58)55(59)51-49-47-45-43-41-14-12-10-8-6-4-2/h15-16,18-19,49,51,54-55,58-59H,3-14,17,20-48,50,52-53H2,1-2H3,(H,57,60)/b16-15-,19-18-,51-49+. The lowest BCUT2D eigenvalue weighted by Gasteiger charge is -2.20. The van der Waals surface area contributed by atoms with E-state index >= 15 is 0 Å². The molecular weight excluding hydrogens is 735 g/mol. The third kappa shape index (κ3) is 47.7. The minimum absolute atomic E-state index is 0.0607. The molecule has 0 saturated heterocycles. The Hall–Kier alpha value is -1.39. The number of aliphatic hydroxyl groups excluding tert-OH is 2. The van der Waals surface area contributed by atoms with Gasteiger partial charge in [0.05, 0.1) is 18.8 Å². The maximum Gasteiger partial charge on any atom is 0.220 e. The first-order valence-electron chi connectivity index (χ1n) is 27.2. The summed E-state index contributed by atoms with van der Waals surface area (Å²) >= 11 is 0. The average molecular weight is 842 g/mol. The van der Waals surface area contributed by atoms with Gasteiger partial charge in [0, 0.05) is 6.42 Å². The zero-order valence-electron chi connectivity index (χ0n) is 40.7. The van der Waals surface area contributed by atoms with Gasteiger partial charge in [0.25, 0.3) is 0 Å². The minimum atomic E-state index is -0.835. The third-order valence-corrected chi connectivity index (χ3v) is 12.6. The van der Waals surface area contributed by atoms with Crippen molar-refractivity contribution in [1.29, 1.82) is 0 Å². The number of carbonyl (C=O) groups is 1. The molecule has 0 aliphatic heterocycles. The van der Waals surface area contributed by atoms with Crippen molar-refractivity contribution in [3.05, 3.63) is 36.5 Å². The number of nitrogens with one attached hydrogen (secondary N) is 1. The Kier molecular flexibility index (Phi) is 50.8. The summed E-state index contributed by atoms with van der Waals surface area (Å²) in [5.41, 5.74) is 0. The molecule has 0 heterocycles. The van der Waals surface area contributed by atoms with Gasteiger partial charge in [-0.25, -0.2) is 0 Å². The van der Waals surface area contributed by atoms with Crippen LogP contribution in [0.1, 0.15) is 296 Å². The van der Waals surface area contributed by atoms with Gasteiger partial charge in [-0.1, -0.05) is 275 Å².